The molecular weight excluding hydrogens is 404 g/mol. The van der Waals surface area contributed by atoms with Gasteiger partial charge in [-0.1, -0.05) is 0 Å². The highest BCUT2D eigenvalue weighted by Crippen LogP contribution is 2.41. The lowest BCUT2D eigenvalue weighted by atomic mass is 9.85. The summed E-state index contributed by atoms with van der Waals surface area (Å²) in [5.41, 5.74) is 0.304. The molecule has 8 heteroatoms. The minimum absolute atomic E-state index is 0.228. The van der Waals surface area contributed by atoms with Gasteiger partial charge in [-0.3, -0.25) is 14.4 Å². The van der Waals surface area contributed by atoms with Gasteiger partial charge in [-0.25, -0.2) is 0 Å². The average Bonchev–Trinajstić information content (AvgIpc) is 3.46. The number of hydrogen-bond acceptors (Lipinski definition) is 8. The molecule has 2 heterocycles. The Bertz CT molecular complexity index is 948. The van der Waals surface area contributed by atoms with Crippen LogP contribution in [0.4, 0.5) is 0 Å². The molecule has 0 bridgehead atoms. The van der Waals surface area contributed by atoms with Crippen molar-refractivity contribution in [1.29, 1.82) is 0 Å². The standard InChI is InChI=1S/C23H22O8/c1-14(24)30-22(18-6-4-12-28-18)20(21(26)16-8-10-17(27-3)11-9-16)23(31-15(2)25)19-7-5-13-29-19/h4-13,20,22-23H,1-3H3/t20?,22-,23+. The number of rotatable bonds is 9. The fourth-order valence-electron chi connectivity index (χ4n) is 3.26. The van der Waals surface area contributed by atoms with Gasteiger partial charge in [0, 0.05) is 19.4 Å². The second-order valence-corrected chi connectivity index (χ2v) is 6.71. The zero-order chi connectivity index (χ0) is 22.4. The van der Waals surface area contributed by atoms with Crippen LogP contribution < -0.4 is 4.74 Å². The zero-order valence-electron chi connectivity index (χ0n) is 17.3. The highest BCUT2D eigenvalue weighted by molar-refractivity contribution is 5.99. The lowest BCUT2D eigenvalue weighted by Gasteiger charge is -2.29. The second kappa shape index (κ2) is 9.80. The SMILES string of the molecule is COc1ccc(C(=O)C([C@H](OC(C)=O)c2ccco2)[C@@H](OC(C)=O)c2ccco2)cc1. The Morgan fingerprint density at radius 3 is 1.61 bits per heavy atom. The summed E-state index contributed by atoms with van der Waals surface area (Å²) in [6, 6.07) is 12.8. The lowest BCUT2D eigenvalue weighted by molar-refractivity contribution is -0.159. The van der Waals surface area contributed by atoms with Crippen LogP contribution in [0.25, 0.3) is 0 Å². The molecule has 1 unspecified atom stereocenters. The topological polar surface area (TPSA) is 105 Å². The lowest BCUT2D eigenvalue weighted by Crippen LogP contribution is -2.33. The highest BCUT2D eigenvalue weighted by atomic mass is 16.6. The number of ketones is 1. The molecular formula is C23H22O8. The van der Waals surface area contributed by atoms with Crippen molar-refractivity contribution in [1.82, 2.24) is 0 Å². The molecule has 0 aliphatic carbocycles. The smallest absolute Gasteiger partial charge is 0.303 e. The Morgan fingerprint density at radius 2 is 1.26 bits per heavy atom. The minimum atomic E-state index is -1.18. The quantitative estimate of drug-likeness (QED) is 0.369. The van der Waals surface area contributed by atoms with Crippen LogP contribution >= 0.6 is 0 Å². The molecule has 0 fully saturated rings. The third-order valence-electron chi connectivity index (χ3n) is 4.56. The van der Waals surface area contributed by atoms with Crippen LogP contribution in [0, 0.1) is 5.92 Å². The molecule has 0 saturated heterocycles. The van der Waals surface area contributed by atoms with Crippen LogP contribution in [0.15, 0.2) is 69.9 Å². The first-order valence-electron chi connectivity index (χ1n) is 9.50. The van der Waals surface area contributed by atoms with Crippen molar-refractivity contribution in [3.05, 3.63) is 78.1 Å². The van der Waals surface area contributed by atoms with Gasteiger partial charge in [0.1, 0.15) is 23.2 Å². The molecule has 0 N–H and O–H groups in total. The van der Waals surface area contributed by atoms with Gasteiger partial charge >= 0.3 is 11.9 Å². The molecule has 1 aromatic carbocycles. The molecule has 3 rings (SSSR count). The van der Waals surface area contributed by atoms with Crippen LogP contribution in [-0.4, -0.2) is 24.8 Å². The van der Waals surface area contributed by atoms with E-state index in [0.717, 1.165) is 0 Å². The summed E-state index contributed by atoms with van der Waals surface area (Å²) in [5, 5.41) is 0. The number of benzene rings is 1. The van der Waals surface area contributed by atoms with Gasteiger partial charge in [0.05, 0.1) is 19.6 Å². The Hall–Kier alpha value is -3.81. The van der Waals surface area contributed by atoms with Crippen LogP contribution in [0.2, 0.25) is 0 Å². The van der Waals surface area contributed by atoms with E-state index in [4.69, 9.17) is 23.0 Å². The molecule has 0 aliphatic rings. The van der Waals surface area contributed by atoms with E-state index in [1.807, 2.05) is 0 Å². The molecule has 162 valence electrons. The van der Waals surface area contributed by atoms with Gasteiger partial charge in [0.25, 0.3) is 0 Å². The van der Waals surface area contributed by atoms with Gasteiger partial charge in [0.15, 0.2) is 18.0 Å². The number of esters is 2. The van der Waals surface area contributed by atoms with E-state index in [2.05, 4.69) is 0 Å². The van der Waals surface area contributed by atoms with Crippen molar-refractivity contribution in [2.45, 2.75) is 26.1 Å². The van der Waals surface area contributed by atoms with Crippen molar-refractivity contribution in [3.63, 3.8) is 0 Å². The van der Waals surface area contributed by atoms with E-state index in [9.17, 15) is 14.4 Å². The maximum atomic E-state index is 13.7. The van der Waals surface area contributed by atoms with Crippen LogP contribution in [0.5, 0.6) is 5.75 Å². The molecule has 0 aliphatic heterocycles. The third kappa shape index (κ3) is 5.22. The van der Waals surface area contributed by atoms with Crippen LogP contribution in [0.3, 0.4) is 0 Å². The second-order valence-electron chi connectivity index (χ2n) is 6.71. The number of hydrogen-bond donors (Lipinski definition) is 0. The van der Waals surface area contributed by atoms with E-state index < -0.39 is 35.8 Å². The highest BCUT2D eigenvalue weighted by Gasteiger charge is 2.44. The summed E-state index contributed by atoms with van der Waals surface area (Å²) >= 11 is 0. The van der Waals surface area contributed by atoms with Gasteiger partial charge in [-0.2, -0.15) is 0 Å². The van der Waals surface area contributed by atoms with Crippen molar-refractivity contribution in [3.8, 4) is 5.75 Å². The summed E-state index contributed by atoms with van der Waals surface area (Å²) in [4.78, 5) is 37.5. The largest absolute Gasteiger partial charge is 0.497 e. The van der Waals surface area contributed by atoms with E-state index in [-0.39, 0.29) is 11.5 Å². The number of ether oxygens (including phenoxy) is 3. The number of furan rings is 2. The normalized spacial score (nSPS) is 13.6. The Labute approximate surface area is 178 Å². The summed E-state index contributed by atoms with van der Waals surface area (Å²) in [6.45, 7) is 2.44. The first kappa shape index (κ1) is 21.9. The van der Waals surface area contributed by atoms with Gasteiger partial charge in [0.2, 0.25) is 0 Å². The van der Waals surface area contributed by atoms with E-state index in [1.165, 1.54) is 33.5 Å². The Morgan fingerprint density at radius 1 is 0.774 bits per heavy atom. The molecule has 3 atom stereocenters. The Kier molecular flexibility index (Phi) is 6.92. The number of Topliss-reactive ketones (excluding diaryl/α,β-unsaturated/α-hetero) is 1. The van der Waals surface area contributed by atoms with Crippen molar-refractivity contribution in [2.75, 3.05) is 7.11 Å². The van der Waals surface area contributed by atoms with Gasteiger partial charge in [-0.05, 0) is 48.5 Å². The summed E-state index contributed by atoms with van der Waals surface area (Å²) in [6.07, 6.45) is 0.455. The third-order valence-corrected chi connectivity index (χ3v) is 4.56. The summed E-state index contributed by atoms with van der Waals surface area (Å²) < 4.78 is 27.0. The van der Waals surface area contributed by atoms with Crippen molar-refractivity contribution < 1.29 is 37.4 Å². The molecule has 31 heavy (non-hydrogen) atoms. The predicted molar refractivity (Wildman–Crippen MR) is 107 cm³/mol. The fourth-order valence-corrected chi connectivity index (χ4v) is 3.26. The zero-order valence-corrected chi connectivity index (χ0v) is 17.3. The first-order chi connectivity index (χ1) is 14.9. The summed E-state index contributed by atoms with van der Waals surface area (Å²) in [5.74, 6) is -1.86. The maximum absolute atomic E-state index is 13.7. The number of carbonyl (C=O) groups is 3. The van der Waals surface area contributed by atoms with Crippen molar-refractivity contribution in [2.24, 2.45) is 5.92 Å². The molecule has 0 saturated carbocycles. The van der Waals surface area contributed by atoms with Gasteiger partial charge in [-0.15, -0.1) is 0 Å². The molecule has 3 aromatic rings. The molecule has 8 nitrogen and oxygen atoms in total. The molecule has 2 aromatic heterocycles. The van der Waals surface area contributed by atoms with Crippen LogP contribution in [0.1, 0.15) is 47.9 Å². The Balaban J connectivity index is 2.13. The van der Waals surface area contributed by atoms with Crippen molar-refractivity contribution >= 4 is 17.7 Å². The monoisotopic (exact) mass is 426 g/mol. The van der Waals surface area contributed by atoms with Crippen LogP contribution in [-0.2, 0) is 19.1 Å². The first-order valence-corrected chi connectivity index (χ1v) is 9.50. The van der Waals surface area contributed by atoms with Gasteiger partial charge < -0.3 is 23.0 Å². The van der Waals surface area contributed by atoms with E-state index >= 15 is 0 Å². The molecule has 0 spiro atoms. The average molecular weight is 426 g/mol. The van der Waals surface area contributed by atoms with E-state index in [1.54, 1.807) is 48.5 Å². The predicted octanol–water partition coefficient (Wildman–Crippen LogP) is 4.29. The summed E-state index contributed by atoms with van der Waals surface area (Å²) in [7, 11) is 1.51. The van der Waals surface area contributed by atoms with E-state index in [0.29, 0.717) is 11.3 Å². The minimum Gasteiger partial charge on any atom is -0.497 e. The molecule has 0 radical (unpaired) electrons. The number of methoxy groups -OCH3 is 1. The molecule has 0 amide bonds. The fraction of sp³-hybridized carbons (Fsp3) is 0.261. The maximum Gasteiger partial charge on any atom is 0.303 e. The number of carbonyl (C=O) groups excluding carboxylic acids is 3.